The lowest BCUT2D eigenvalue weighted by Crippen LogP contribution is -2.48. The highest BCUT2D eigenvalue weighted by atomic mass is 16.5. The van der Waals surface area contributed by atoms with Crippen LogP contribution in [0, 0.1) is 0 Å². The lowest BCUT2D eigenvalue weighted by Gasteiger charge is -2.26. The van der Waals surface area contributed by atoms with Gasteiger partial charge in [0, 0.05) is 19.2 Å². The number of ether oxygens (including phenoxy) is 2. The van der Waals surface area contributed by atoms with E-state index in [9.17, 15) is 4.79 Å². The molecular weight excluding hydrogens is 220 g/mol. The minimum atomic E-state index is -0.792. The number of hydrogen-bond acceptors (Lipinski definition) is 5. The number of rotatable bonds is 6. The molecule has 1 rings (SSSR count). The van der Waals surface area contributed by atoms with E-state index in [-0.39, 0.29) is 5.97 Å². The lowest BCUT2D eigenvalue weighted by molar-refractivity contribution is -0.146. The largest absolute Gasteiger partial charge is 0.468 e. The quantitative estimate of drug-likeness (QED) is 0.540. The minimum Gasteiger partial charge on any atom is -0.468 e. The van der Waals surface area contributed by atoms with E-state index in [1.165, 1.54) is 7.11 Å². The molecule has 0 radical (unpaired) electrons. The summed E-state index contributed by atoms with van der Waals surface area (Å²) in [5.41, 5.74) is 5.27. The number of hydrogen-bond donors (Lipinski definition) is 1. The van der Waals surface area contributed by atoms with Gasteiger partial charge in [-0.05, 0) is 33.2 Å². The van der Waals surface area contributed by atoms with Crippen LogP contribution in [0.5, 0.6) is 0 Å². The van der Waals surface area contributed by atoms with E-state index in [0.29, 0.717) is 18.9 Å². The second-order valence-corrected chi connectivity index (χ2v) is 4.72. The van der Waals surface area contributed by atoms with Gasteiger partial charge in [0.05, 0.1) is 13.7 Å². The minimum absolute atomic E-state index is 0.293. The van der Waals surface area contributed by atoms with E-state index in [4.69, 9.17) is 15.2 Å². The zero-order valence-corrected chi connectivity index (χ0v) is 11.1. The Kier molecular flexibility index (Phi) is 5.36. The summed E-state index contributed by atoms with van der Waals surface area (Å²) in [5, 5.41) is 0. The monoisotopic (exact) mass is 244 g/mol. The Morgan fingerprint density at radius 1 is 1.59 bits per heavy atom. The molecule has 2 N–H and O–H groups in total. The van der Waals surface area contributed by atoms with E-state index in [2.05, 4.69) is 4.90 Å². The second kappa shape index (κ2) is 6.33. The van der Waals surface area contributed by atoms with Crippen molar-refractivity contribution in [3.05, 3.63) is 0 Å². The Morgan fingerprint density at radius 3 is 2.88 bits per heavy atom. The van der Waals surface area contributed by atoms with Crippen molar-refractivity contribution in [2.45, 2.75) is 37.8 Å². The first-order valence-corrected chi connectivity index (χ1v) is 6.18. The van der Waals surface area contributed by atoms with Gasteiger partial charge >= 0.3 is 5.97 Å². The molecule has 2 atom stereocenters. The summed E-state index contributed by atoms with van der Waals surface area (Å²) in [6, 6.07) is 0.347. The highest BCUT2D eigenvalue weighted by molar-refractivity contribution is 5.81. The summed E-state index contributed by atoms with van der Waals surface area (Å²) >= 11 is 0. The molecule has 0 aromatic carbocycles. The molecule has 0 saturated heterocycles. The van der Waals surface area contributed by atoms with Gasteiger partial charge in [-0.2, -0.15) is 0 Å². The molecule has 0 amide bonds. The molecule has 0 aromatic heterocycles. The molecule has 2 unspecified atom stereocenters. The summed E-state index contributed by atoms with van der Waals surface area (Å²) in [7, 11) is 3.44. The van der Waals surface area contributed by atoms with Gasteiger partial charge in [0.1, 0.15) is 5.54 Å². The van der Waals surface area contributed by atoms with Gasteiger partial charge in [0.2, 0.25) is 0 Å². The van der Waals surface area contributed by atoms with Crippen LogP contribution in [0.3, 0.4) is 0 Å². The van der Waals surface area contributed by atoms with Gasteiger partial charge in [-0.25, -0.2) is 0 Å². The smallest absolute Gasteiger partial charge is 0.325 e. The first-order chi connectivity index (χ1) is 8.03. The maximum atomic E-state index is 11.6. The molecule has 17 heavy (non-hydrogen) atoms. The van der Waals surface area contributed by atoms with Gasteiger partial charge in [-0.15, -0.1) is 0 Å². The van der Waals surface area contributed by atoms with Gasteiger partial charge in [-0.1, -0.05) is 0 Å². The topological polar surface area (TPSA) is 64.8 Å². The molecular formula is C12H24N2O3. The summed E-state index contributed by atoms with van der Waals surface area (Å²) in [4.78, 5) is 13.8. The average molecular weight is 244 g/mol. The average Bonchev–Trinajstić information content (AvgIpc) is 2.72. The van der Waals surface area contributed by atoms with Crippen LogP contribution in [0.1, 0.15) is 26.2 Å². The highest BCUT2D eigenvalue weighted by Crippen LogP contribution is 2.31. The molecule has 1 saturated carbocycles. The maximum Gasteiger partial charge on any atom is 0.325 e. The van der Waals surface area contributed by atoms with Crippen molar-refractivity contribution in [1.82, 2.24) is 4.90 Å². The predicted molar refractivity (Wildman–Crippen MR) is 65.7 cm³/mol. The zero-order chi connectivity index (χ0) is 12.9. The van der Waals surface area contributed by atoms with Gasteiger partial charge in [-0.3, -0.25) is 4.79 Å². The molecule has 1 aliphatic carbocycles. The summed E-state index contributed by atoms with van der Waals surface area (Å²) < 4.78 is 10.1. The van der Waals surface area contributed by atoms with Crippen LogP contribution in [0.25, 0.3) is 0 Å². The molecule has 1 fully saturated rings. The standard InChI is InChI=1S/C12H24N2O3/c1-4-17-8-7-14(2)10-5-6-12(13,9-10)11(15)16-3/h10H,4-9,13H2,1-3H3. The van der Waals surface area contributed by atoms with Crippen molar-refractivity contribution in [1.29, 1.82) is 0 Å². The van der Waals surface area contributed by atoms with Gasteiger partial charge in [0.15, 0.2) is 0 Å². The number of nitrogens with zero attached hydrogens (tertiary/aromatic N) is 1. The number of esters is 1. The Hall–Kier alpha value is -0.650. The Labute approximate surface area is 103 Å². The fraction of sp³-hybridized carbons (Fsp3) is 0.917. The second-order valence-electron chi connectivity index (χ2n) is 4.72. The van der Waals surface area contributed by atoms with E-state index < -0.39 is 5.54 Å². The molecule has 100 valence electrons. The highest BCUT2D eigenvalue weighted by Gasteiger charge is 2.43. The third-order valence-corrected chi connectivity index (χ3v) is 3.53. The number of methoxy groups -OCH3 is 1. The number of likely N-dealkylation sites (N-methyl/N-ethyl adjacent to an activating group) is 1. The summed E-state index contributed by atoms with van der Waals surface area (Å²) in [5.74, 6) is -0.293. The van der Waals surface area contributed by atoms with Crippen molar-refractivity contribution < 1.29 is 14.3 Å². The lowest BCUT2D eigenvalue weighted by atomic mass is 9.99. The van der Waals surface area contributed by atoms with Crippen molar-refractivity contribution in [2.75, 3.05) is 33.9 Å². The molecule has 5 heteroatoms. The van der Waals surface area contributed by atoms with E-state index in [1.54, 1.807) is 0 Å². The Bertz CT molecular complexity index is 260. The Balaban J connectivity index is 2.41. The number of carbonyl (C=O) groups is 1. The van der Waals surface area contributed by atoms with Crippen LogP contribution >= 0.6 is 0 Å². The van der Waals surface area contributed by atoms with Gasteiger partial charge in [0.25, 0.3) is 0 Å². The molecule has 0 aromatic rings. The van der Waals surface area contributed by atoms with E-state index in [0.717, 1.165) is 26.2 Å². The van der Waals surface area contributed by atoms with E-state index >= 15 is 0 Å². The number of carbonyl (C=O) groups excluding carboxylic acids is 1. The van der Waals surface area contributed by atoms with E-state index in [1.807, 2.05) is 14.0 Å². The fourth-order valence-electron chi connectivity index (χ4n) is 2.35. The van der Waals surface area contributed by atoms with Crippen molar-refractivity contribution >= 4 is 5.97 Å². The van der Waals surface area contributed by atoms with Crippen molar-refractivity contribution in [3.8, 4) is 0 Å². The van der Waals surface area contributed by atoms with Crippen LogP contribution in [-0.2, 0) is 14.3 Å². The molecule has 0 spiro atoms. The van der Waals surface area contributed by atoms with Crippen LogP contribution in [0.4, 0.5) is 0 Å². The van der Waals surface area contributed by atoms with Gasteiger partial charge < -0.3 is 20.1 Å². The van der Waals surface area contributed by atoms with Crippen LogP contribution in [0.2, 0.25) is 0 Å². The molecule has 0 heterocycles. The zero-order valence-electron chi connectivity index (χ0n) is 11.1. The fourth-order valence-corrected chi connectivity index (χ4v) is 2.35. The first-order valence-electron chi connectivity index (χ1n) is 6.18. The summed E-state index contributed by atoms with van der Waals surface area (Å²) in [6.45, 7) is 4.31. The number of nitrogens with two attached hydrogens (primary N) is 1. The third kappa shape index (κ3) is 3.66. The normalized spacial score (nSPS) is 28.6. The molecule has 1 aliphatic rings. The molecule has 5 nitrogen and oxygen atoms in total. The van der Waals surface area contributed by atoms with Crippen LogP contribution < -0.4 is 5.73 Å². The van der Waals surface area contributed by atoms with Crippen LogP contribution in [-0.4, -0.2) is 56.4 Å². The Morgan fingerprint density at radius 2 is 2.29 bits per heavy atom. The first kappa shape index (κ1) is 14.4. The SMILES string of the molecule is CCOCCN(C)C1CCC(N)(C(=O)OC)C1. The maximum absolute atomic E-state index is 11.6. The third-order valence-electron chi connectivity index (χ3n) is 3.53. The van der Waals surface area contributed by atoms with Crippen molar-refractivity contribution in [3.63, 3.8) is 0 Å². The molecule has 0 bridgehead atoms. The van der Waals surface area contributed by atoms with Crippen LogP contribution in [0.15, 0.2) is 0 Å². The predicted octanol–water partition coefficient (Wildman–Crippen LogP) is 0.378. The summed E-state index contributed by atoms with van der Waals surface area (Å²) in [6.07, 6.45) is 2.31. The van der Waals surface area contributed by atoms with Crippen molar-refractivity contribution in [2.24, 2.45) is 5.73 Å². The molecule has 0 aliphatic heterocycles.